The lowest BCUT2D eigenvalue weighted by atomic mass is 10.0. The van der Waals surface area contributed by atoms with E-state index in [4.69, 9.17) is 10.00 Å². The molecule has 2 aromatic carbocycles. The summed E-state index contributed by atoms with van der Waals surface area (Å²) in [4.78, 5) is 40.1. The predicted molar refractivity (Wildman–Crippen MR) is 110 cm³/mol. The van der Waals surface area contributed by atoms with Gasteiger partial charge in [-0.2, -0.15) is 5.26 Å². The summed E-state index contributed by atoms with van der Waals surface area (Å²) in [6, 6.07) is 9.25. The third-order valence-electron chi connectivity index (χ3n) is 4.86. The Bertz CT molecular complexity index is 1130. The Balaban J connectivity index is 2.05. The highest BCUT2D eigenvalue weighted by atomic mass is 19.1. The highest BCUT2D eigenvalue weighted by Gasteiger charge is 2.52. The van der Waals surface area contributed by atoms with Crippen molar-refractivity contribution in [2.24, 2.45) is 0 Å². The third kappa shape index (κ3) is 3.61. The number of hydrogen-bond acceptors (Lipinski definition) is 6. The van der Waals surface area contributed by atoms with Crippen LogP contribution in [0.5, 0.6) is 5.75 Å². The van der Waals surface area contributed by atoms with Crippen LogP contribution in [0.2, 0.25) is 0 Å². The van der Waals surface area contributed by atoms with Gasteiger partial charge in [-0.15, -0.1) is 0 Å². The van der Waals surface area contributed by atoms with Gasteiger partial charge in [-0.05, 0) is 44.2 Å². The molecule has 0 atom stereocenters. The fourth-order valence-electron chi connectivity index (χ4n) is 3.28. The Hall–Kier alpha value is -4.13. The standard InChI is InChI=1S/C21H19FN4O5/c1-21(2)18(27)25(13-6-5-12(11-23)17(10-13)30-3)20(29)26(21)14-7-8-15(22)16(9-14)24-19(28)31-4/h5-10H,1-4H3,(H,24,28). The van der Waals surface area contributed by atoms with Crippen LogP contribution in [0.15, 0.2) is 36.4 Å². The second-order valence-electron chi connectivity index (χ2n) is 7.09. The van der Waals surface area contributed by atoms with Gasteiger partial charge in [-0.25, -0.2) is 18.9 Å². The molecular formula is C21H19FN4O5. The van der Waals surface area contributed by atoms with E-state index < -0.39 is 29.4 Å². The summed E-state index contributed by atoms with van der Waals surface area (Å²) in [5.74, 6) is -1.06. The van der Waals surface area contributed by atoms with Crippen LogP contribution in [-0.4, -0.2) is 37.8 Å². The smallest absolute Gasteiger partial charge is 0.411 e. The number of methoxy groups -OCH3 is 2. The van der Waals surface area contributed by atoms with Crippen LogP contribution >= 0.6 is 0 Å². The van der Waals surface area contributed by atoms with Crippen molar-refractivity contribution in [3.05, 3.63) is 47.8 Å². The van der Waals surface area contributed by atoms with E-state index in [1.54, 1.807) is 13.8 Å². The number of anilines is 3. The zero-order valence-electron chi connectivity index (χ0n) is 17.2. The predicted octanol–water partition coefficient (Wildman–Crippen LogP) is 3.64. The summed E-state index contributed by atoms with van der Waals surface area (Å²) in [6.45, 7) is 3.09. The molecule has 2 aromatic rings. The van der Waals surface area contributed by atoms with Gasteiger partial charge in [0.1, 0.15) is 23.2 Å². The van der Waals surface area contributed by atoms with E-state index in [2.05, 4.69) is 10.1 Å². The minimum absolute atomic E-state index is 0.194. The molecule has 0 saturated carbocycles. The van der Waals surface area contributed by atoms with Gasteiger partial charge in [0.05, 0.1) is 31.2 Å². The number of nitrogens with zero attached hydrogens (tertiary/aromatic N) is 3. The Kier molecular flexibility index (Phi) is 5.53. The number of carbonyl (C=O) groups excluding carboxylic acids is 3. The molecule has 1 aliphatic heterocycles. The van der Waals surface area contributed by atoms with Gasteiger partial charge in [0, 0.05) is 11.8 Å². The lowest BCUT2D eigenvalue weighted by Crippen LogP contribution is -2.44. The molecule has 0 aromatic heterocycles. The number of ether oxygens (including phenoxy) is 2. The molecule has 0 spiro atoms. The summed E-state index contributed by atoms with van der Waals surface area (Å²) in [6.07, 6.45) is -0.884. The Morgan fingerprint density at radius 1 is 1.13 bits per heavy atom. The van der Waals surface area contributed by atoms with Crippen molar-refractivity contribution in [2.75, 3.05) is 29.3 Å². The SMILES string of the molecule is COC(=O)Nc1cc(N2C(=O)N(c3ccc(C#N)c(OC)c3)C(=O)C2(C)C)ccc1F. The minimum Gasteiger partial charge on any atom is -0.495 e. The van der Waals surface area contributed by atoms with Crippen LogP contribution in [0.3, 0.4) is 0 Å². The molecule has 0 aliphatic carbocycles. The second-order valence-corrected chi connectivity index (χ2v) is 7.09. The molecule has 160 valence electrons. The number of urea groups is 1. The second kappa shape index (κ2) is 7.95. The van der Waals surface area contributed by atoms with E-state index in [0.717, 1.165) is 18.1 Å². The number of imide groups is 1. The zero-order valence-corrected chi connectivity index (χ0v) is 17.2. The molecule has 0 bridgehead atoms. The van der Waals surface area contributed by atoms with E-state index in [-0.39, 0.29) is 28.4 Å². The van der Waals surface area contributed by atoms with Gasteiger partial charge in [-0.3, -0.25) is 15.0 Å². The van der Waals surface area contributed by atoms with Crippen molar-refractivity contribution in [3.63, 3.8) is 0 Å². The number of carbonyl (C=O) groups is 3. The number of hydrogen-bond donors (Lipinski definition) is 1. The maximum absolute atomic E-state index is 14.1. The van der Waals surface area contributed by atoms with Crippen molar-refractivity contribution >= 4 is 35.1 Å². The van der Waals surface area contributed by atoms with E-state index in [1.807, 2.05) is 6.07 Å². The number of nitrogens with one attached hydrogen (secondary N) is 1. The fourth-order valence-corrected chi connectivity index (χ4v) is 3.28. The molecule has 3 rings (SSSR count). The van der Waals surface area contributed by atoms with Crippen molar-refractivity contribution < 1.29 is 28.2 Å². The lowest BCUT2D eigenvalue weighted by Gasteiger charge is -2.28. The van der Waals surface area contributed by atoms with Crippen LogP contribution in [0.1, 0.15) is 19.4 Å². The first-order valence-electron chi connectivity index (χ1n) is 9.07. The Morgan fingerprint density at radius 3 is 2.42 bits per heavy atom. The number of nitriles is 1. The van der Waals surface area contributed by atoms with E-state index in [0.29, 0.717) is 0 Å². The summed E-state index contributed by atoms with van der Waals surface area (Å²) >= 11 is 0. The molecule has 1 N–H and O–H groups in total. The molecule has 9 nitrogen and oxygen atoms in total. The summed E-state index contributed by atoms with van der Waals surface area (Å²) < 4.78 is 23.8. The summed E-state index contributed by atoms with van der Waals surface area (Å²) in [5, 5.41) is 11.4. The van der Waals surface area contributed by atoms with Crippen LogP contribution in [0, 0.1) is 17.1 Å². The number of rotatable bonds is 4. The number of halogens is 1. The molecule has 10 heteroatoms. The molecular weight excluding hydrogens is 407 g/mol. The largest absolute Gasteiger partial charge is 0.495 e. The Morgan fingerprint density at radius 2 is 1.81 bits per heavy atom. The Labute approximate surface area is 177 Å². The molecule has 1 heterocycles. The minimum atomic E-state index is -1.32. The van der Waals surface area contributed by atoms with Gasteiger partial charge >= 0.3 is 12.1 Å². The molecule has 0 unspecified atom stereocenters. The van der Waals surface area contributed by atoms with Crippen LogP contribution < -0.4 is 19.9 Å². The monoisotopic (exact) mass is 426 g/mol. The topological polar surface area (TPSA) is 112 Å². The first kappa shape index (κ1) is 21.6. The van der Waals surface area contributed by atoms with Crippen molar-refractivity contribution in [1.29, 1.82) is 5.26 Å². The number of benzene rings is 2. The first-order chi connectivity index (χ1) is 14.6. The first-order valence-corrected chi connectivity index (χ1v) is 9.07. The van der Waals surface area contributed by atoms with Gasteiger partial charge < -0.3 is 9.47 Å². The number of amides is 4. The highest BCUT2D eigenvalue weighted by molar-refractivity contribution is 6.30. The van der Waals surface area contributed by atoms with Crippen molar-refractivity contribution in [1.82, 2.24) is 0 Å². The lowest BCUT2D eigenvalue weighted by molar-refractivity contribution is -0.120. The fraction of sp³-hybridized carbons (Fsp3) is 0.238. The van der Waals surface area contributed by atoms with Crippen LogP contribution in [0.4, 0.5) is 31.0 Å². The van der Waals surface area contributed by atoms with Crippen LogP contribution in [-0.2, 0) is 9.53 Å². The average molecular weight is 426 g/mol. The quantitative estimate of drug-likeness (QED) is 0.747. The van der Waals surface area contributed by atoms with Crippen molar-refractivity contribution in [3.8, 4) is 11.8 Å². The average Bonchev–Trinajstić information content (AvgIpc) is 2.93. The highest BCUT2D eigenvalue weighted by Crippen LogP contribution is 2.38. The van der Waals surface area contributed by atoms with Crippen LogP contribution in [0.25, 0.3) is 0 Å². The van der Waals surface area contributed by atoms with Gasteiger partial charge in [-0.1, -0.05) is 0 Å². The molecule has 4 amide bonds. The van der Waals surface area contributed by atoms with Gasteiger partial charge in [0.2, 0.25) is 0 Å². The molecule has 1 fully saturated rings. The molecule has 1 saturated heterocycles. The third-order valence-corrected chi connectivity index (χ3v) is 4.86. The molecule has 31 heavy (non-hydrogen) atoms. The summed E-state index contributed by atoms with van der Waals surface area (Å²) in [7, 11) is 2.50. The van der Waals surface area contributed by atoms with Gasteiger partial charge in [0.15, 0.2) is 0 Å². The summed E-state index contributed by atoms with van der Waals surface area (Å²) in [5.41, 5.74) is -0.869. The van der Waals surface area contributed by atoms with Gasteiger partial charge in [0.25, 0.3) is 5.91 Å². The van der Waals surface area contributed by atoms with Crippen molar-refractivity contribution in [2.45, 2.75) is 19.4 Å². The van der Waals surface area contributed by atoms with E-state index >= 15 is 0 Å². The molecule has 1 aliphatic rings. The van der Waals surface area contributed by atoms with E-state index in [9.17, 15) is 18.8 Å². The maximum atomic E-state index is 14.1. The van der Waals surface area contributed by atoms with E-state index in [1.165, 1.54) is 42.3 Å². The normalized spacial score (nSPS) is 15.0. The maximum Gasteiger partial charge on any atom is 0.411 e. The zero-order chi connectivity index (χ0) is 22.9. The molecule has 0 radical (unpaired) electrons.